The minimum Gasteiger partial charge on any atom is -0.286 e. The molecule has 0 aliphatic carbocycles. The quantitative estimate of drug-likeness (QED) is 0.394. The van der Waals surface area contributed by atoms with Crippen LogP contribution in [0.1, 0.15) is 6.42 Å². The van der Waals surface area contributed by atoms with Crippen molar-refractivity contribution in [3.8, 4) is 0 Å². The summed E-state index contributed by atoms with van der Waals surface area (Å²) >= 11 is 1.60. The van der Waals surface area contributed by atoms with Crippen LogP contribution in [0.3, 0.4) is 0 Å². The minimum atomic E-state index is -3.75. The lowest BCUT2D eigenvalue weighted by Gasteiger charge is -1.95. The van der Waals surface area contributed by atoms with Crippen LogP contribution < -0.4 is 0 Å². The predicted molar refractivity (Wildman–Crippen MR) is 48.6 cm³/mol. The van der Waals surface area contributed by atoms with Crippen molar-refractivity contribution in [2.75, 3.05) is 17.3 Å². The fourth-order valence-electron chi connectivity index (χ4n) is 0.510. The second-order valence-electron chi connectivity index (χ2n) is 2.00. The molecule has 0 aromatic carbocycles. The van der Waals surface area contributed by atoms with Gasteiger partial charge in [0.1, 0.15) is 0 Å². The van der Waals surface area contributed by atoms with Crippen molar-refractivity contribution < 1.29 is 13.0 Å². The normalized spacial score (nSPS) is 11.4. The maximum Gasteiger partial charge on any atom is 0.264 e. The molecule has 0 aliphatic heterocycles. The van der Waals surface area contributed by atoms with Gasteiger partial charge in [-0.05, 0) is 12.2 Å². The van der Waals surface area contributed by atoms with Crippen LogP contribution in [0.2, 0.25) is 0 Å². The van der Waals surface area contributed by atoms with Crippen LogP contribution in [0.4, 0.5) is 0 Å². The summed E-state index contributed by atoms with van der Waals surface area (Å²) in [6, 6.07) is 0. The van der Waals surface area contributed by atoms with Crippen molar-refractivity contribution in [2.45, 2.75) is 6.42 Å². The summed E-state index contributed by atoms with van der Waals surface area (Å²) in [5, 5.41) is 0. The fourth-order valence-corrected chi connectivity index (χ4v) is 1.88. The first kappa shape index (κ1) is 11.0. The molecule has 66 valence electrons. The molecule has 0 amide bonds. The van der Waals surface area contributed by atoms with E-state index in [1.54, 1.807) is 17.8 Å². The Morgan fingerprint density at radius 3 is 2.64 bits per heavy atom. The molecule has 0 atom stereocenters. The van der Waals surface area contributed by atoms with Gasteiger partial charge >= 0.3 is 0 Å². The SMILES string of the molecule is C=CCSCCCS(=O)(=O)O. The molecular weight excluding hydrogens is 184 g/mol. The molecule has 0 rings (SSSR count). The third-order valence-corrected chi connectivity index (χ3v) is 2.78. The maximum absolute atomic E-state index is 10.2. The maximum atomic E-state index is 10.2. The molecular formula is C6H12O3S2. The van der Waals surface area contributed by atoms with Gasteiger partial charge in [0, 0.05) is 5.75 Å². The van der Waals surface area contributed by atoms with Crippen molar-refractivity contribution >= 4 is 21.9 Å². The molecule has 0 aromatic rings. The Labute approximate surface area is 71.6 Å². The summed E-state index contributed by atoms with van der Waals surface area (Å²) in [6.07, 6.45) is 2.26. The predicted octanol–water partition coefficient (Wildman–Crippen LogP) is 1.18. The molecule has 0 saturated carbocycles. The lowest BCUT2D eigenvalue weighted by molar-refractivity contribution is 0.482. The fraction of sp³-hybridized carbons (Fsp3) is 0.667. The Hall–Kier alpha value is -0.0000000000000000763. The van der Waals surface area contributed by atoms with Gasteiger partial charge in [0.05, 0.1) is 5.75 Å². The highest BCUT2D eigenvalue weighted by Crippen LogP contribution is 2.02. The van der Waals surface area contributed by atoms with Gasteiger partial charge in [-0.2, -0.15) is 20.2 Å². The van der Waals surface area contributed by atoms with Crippen molar-refractivity contribution in [2.24, 2.45) is 0 Å². The standard InChI is InChI=1S/C6H12O3S2/c1-2-4-10-5-3-6-11(7,8)9/h2H,1,3-6H2,(H,7,8,9). The third-order valence-electron chi connectivity index (χ3n) is 0.927. The summed E-state index contributed by atoms with van der Waals surface area (Å²) in [7, 11) is -3.75. The average molecular weight is 196 g/mol. The van der Waals surface area contributed by atoms with Crippen LogP contribution in [0.15, 0.2) is 12.7 Å². The van der Waals surface area contributed by atoms with Crippen molar-refractivity contribution in [1.82, 2.24) is 0 Å². The molecule has 0 radical (unpaired) electrons. The number of hydrogen-bond acceptors (Lipinski definition) is 3. The summed E-state index contributed by atoms with van der Waals surface area (Å²) in [6.45, 7) is 3.52. The third kappa shape index (κ3) is 10.0. The van der Waals surface area contributed by atoms with E-state index in [1.165, 1.54) is 0 Å². The second-order valence-corrected chi connectivity index (χ2v) is 4.73. The average Bonchev–Trinajstić information content (AvgIpc) is 1.85. The van der Waals surface area contributed by atoms with E-state index in [4.69, 9.17) is 4.55 Å². The van der Waals surface area contributed by atoms with Gasteiger partial charge in [-0.3, -0.25) is 4.55 Å². The summed E-state index contributed by atoms with van der Waals surface area (Å²) < 4.78 is 28.7. The molecule has 0 bridgehead atoms. The highest BCUT2D eigenvalue weighted by molar-refractivity contribution is 7.99. The molecule has 0 aliphatic rings. The summed E-state index contributed by atoms with van der Waals surface area (Å²) in [4.78, 5) is 0. The first-order valence-corrected chi connectivity index (χ1v) is 5.96. The number of rotatable bonds is 6. The molecule has 0 spiro atoms. The Morgan fingerprint density at radius 2 is 2.18 bits per heavy atom. The van der Waals surface area contributed by atoms with Crippen molar-refractivity contribution in [1.29, 1.82) is 0 Å². The largest absolute Gasteiger partial charge is 0.286 e. The zero-order valence-electron chi connectivity index (χ0n) is 6.19. The van der Waals surface area contributed by atoms with Gasteiger partial charge in [-0.1, -0.05) is 6.08 Å². The lowest BCUT2D eigenvalue weighted by atomic mass is 10.6. The van der Waals surface area contributed by atoms with Gasteiger partial charge in [0.25, 0.3) is 10.1 Å². The molecule has 0 aromatic heterocycles. The van der Waals surface area contributed by atoms with E-state index in [-0.39, 0.29) is 5.75 Å². The Morgan fingerprint density at radius 1 is 1.55 bits per heavy atom. The number of thioether (sulfide) groups is 1. The van der Waals surface area contributed by atoms with E-state index in [9.17, 15) is 8.42 Å². The first-order valence-electron chi connectivity index (χ1n) is 3.20. The smallest absolute Gasteiger partial charge is 0.264 e. The zero-order valence-corrected chi connectivity index (χ0v) is 7.83. The van der Waals surface area contributed by atoms with Crippen LogP contribution in [-0.2, 0) is 10.1 Å². The molecule has 0 fully saturated rings. The monoisotopic (exact) mass is 196 g/mol. The van der Waals surface area contributed by atoms with Crippen LogP contribution in [0.25, 0.3) is 0 Å². The van der Waals surface area contributed by atoms with Gasteiger partial charge in [-0.15, -0.1) is 6.58 Å². The zero-order chi connectivity index (χ0) is 8.74. The highest BCUT2D eigenvalue weighted by atomic mass is 32.2. The first-order chi connectivity index (χ1) is 5.06. The molecule has 0 heterocycles. The highest BCUT2D eigenvalue weighted by Gasteiger charge is 2.02. The molecule has 11 heavy (non-hydrogen) atoms. The van der Waals surface area contributed by atoms with E-state index in [1.807, 2.05) is 0 Å². The van der Waals surface area contributed by atoms with Crippen LogP contribution in [0.5, 0.6) is 0 Å². The second kappa shape index (κ2) is 5.62. The Balaban J connectivity index is 3.22. The van der Waals surface area contributed by atoms with Crippen molar-refractivity contribution in [3.63, 3.8) is 0 Å². The molecule has 0 unspecified atom stereocenters. The van der Waals surface area contributed by atoms with E-state index in [0.717, 1.165) is 11.5 Å². The van der Waals surface area contributed by atoms with E-state index in [0.29, 0.717) is 6.42 Å². The molecule has 0 saturated heterocycles. The van der Waals surface area contributed by atoms with Crippen LogP contribution in [0, 0.1) is 0 Å². The summed E-state index contributed by atoms with van der Waals surface area (Å²) in [5.74, 6) is 1.43. The van der Waals surface area contributed by atoms with Gasteiger partial charge < -0.3 is 0 Å². The van der Waals surface area contributed by atoms with Crippen LogP contribution in [-0.4, -0.2) is 30.2 Å². The van der Waals surface area contributed by atoms with Gasteiger partial charge in [0.2, 0.25) is 0 Å². The molecule has 1 N–H and O–H groups in total. The molecule has 3 nitrogen and oxygen atoms in total. The van der Waals surface area contributed by atoms with Gasteiger partial charge in [0.15, 0.2) is 0 Å². The topological polar surface area (TPSA) is 54.4 Å². The van der Waals surface area contributed by atoms with E-state index >= 15 is 0 Å². The summed E-state index contributed by atoms with van der Waals surface area (Å²) in [5.41, 5.74) is 0. The van der Waals surface area contributed by atoms with Crippen LogP contribution >= 0.6 is 11.8 Å². The Kier molecular flexibility index (Phi) is 5.62. The molecule has 5 heteroatoms. The Bertz CT molecular complexity index is 196. The lowest BCUT2D eigenvalue weighted by Crippen LogP contribution is -2.04. The van der Waals surface area contributed by atoms with E-state index < -0.39 is 10.1 Å². The van der Waals surface area contributed by atoms with Crippen molar-refractivity contribution in [3.05, 3.63) is 12.7 Å². The number of hydrogen-bond donors (Lipinski definition) is 1. The van der Waals surface area contributed by atoms with E-state index in [2.05, 4.69) is 6.58 Å². The van der Waals surface area contributed by atoms with Gasteiger partial charge in [-0.25, -0.2) is 0 Å². The minimum absolute atomic E-state index is 0.142.